The first-order valence-electron chi connectivity index (χ1n) is 11.1. The minimum absolute atomic E-state index is 0.132. The van der Waals surface area contributed by atoms with Gasteiger partial charge >= 0.3 is 0 Å². The van der Waals surface area contributed by atoms with Gasteiger partial charge in [-0.2, -0.15) is 0 Å². The van der Waals surface area contributed by atoms with Crippen LogP contribution in [0, 0.1) is 0 Å². The third kappa shape index (κ3) is 5.49. The number of fused-ring (bicyclic) bond motifs is 1. The molecule has 178 valence electrons. The summed E-state index contributed by atoms with van der Waals surface area (Å²) in [5, 5.41) is 0. The van der Waals surface area contributed by atoms with Crippen molar-refractivity contribution >= 4 is 22.8 Å². The quantitative estimate of drug-likeness (QED) is 0.505. The van der Waals surface area contributed by atoms with Gasteiger partial charge in [-0.15, -0.1) is 0 Å². The number of aromatic nitrogens is 2. The van der Waals surface area contributed by atoms with E-state index in [1.165, 1.54) is 6.20 Å². The number of methoxy groups -OCH3 is 2. The Labute approximate surface area is 198 Å². The maximum atomic E-state index is 13.2. The SMILES string of the molecule is COCCN(CC1CN(C(=O)c2cnc3ccccc3n2)CCO1)C(=O)c1ccc(OC)cc1. The van der Waals surface area contributed by atoms with Crippen molar-refractivity contribution in [2.75, 3.05) is 53.6 Å². The van der Waals surface area contributed by atoms with Crippen molar-refractivity contribution in [2.45, 2.75) is 6.10 Å². The summed E-state index contributed by atoms with van der Waals surface area (Å²) in [5.74, 6) is 0.352. The van der Waals surface area contributed by atoms with Gasteiger partial charge < -0.3 is 24.0 Å². The molecule has 1 saturated heterocycles. The Kier molecular flexibility index (Phi) is 7.66. The standard InChI is InChI=1S/C25H28N4O5/c1-32-13-11-28(24(30)18-7-9-19(33-2)10-8-18)16-20-17-29(12-14-34-20)25(31)23-15-26-21-5-3-4-6-22(21)27-23/h3-10,15,20H,11-14,16-17H2,1-2H3. The van der Waals surface area contributed by atoms with E-state index in [9.17, 15) is 9.59 Å². The van der Waals surface area contributed by atoms with Crippen LogP contribution >= 0.6 is 0 Å². The van der Waals surface area contributed by atoms with Crippen LogP contribution in [0.2, 0.25) is 0 Å². The number of ether oxygens (including phenoxy) is 3. The average Bonchev–Trinajstić information content (AvgIpc) is 2.90. The number of hydrogen-bond acceptors (Lipinski definition) is 7. The molecule has 2 amide bonds. The molecular weight excluding hydrogens is 436 g/mol. The summed E-state index contributed by atoms with van der Waals surface area (Å²) in [5.41, 5.74) is 2.26. The third-order valence-electron chi connectivity index (χ3n) is 5.71. The van der Waals surface area contributed by atoms with Gasteiger partial charge in [0, 0.05) is 38.9 Å². The summed E-state index contributed by atoms with van der Waals surface area (Å²) in [4.78, 5) is 38.5. The van der Waals surface area contributed by atoms with E-state index < -0.39 is 0 Å². The highest BCUT2D eigenvalue weighted by Gasteiger charge is 2.29. The second kappa shape index (κ2) is 11.0. The van der Waals surface area contributed by atoms with E-state index in [4.69, 9.17) is 14.2 Å². The molecule has 1 atom stereocenters. The fourth-order valence-corrected chi connectivity index (χ4v) is 3.88. The topological polar surface area (TPSA) is 94.1 Å². The lowest BCUT2D eigenvalue weighted by Gasteiger charge is -2.35. The van der Waals surface area contributed by atoms with Crippen molar-refractivity contribution in [1.29, 1.82) is 0 Å². The number of nitrogens with zero attached hydrogens (tertiary/aromatic N) is 4. The number of benzene rings is 2. The molecule has 3 aromatic rings. The van der Waals surface area contributed by atoms with Crippen molar-refractivity contribution in [2.24, 2.45) is 0 Å². The first-order valence-corrected chi connectivity index (χ1v) is 11.1. The summed E-state index contributed by atoms with van der Waals surface area (Å²) in [6.45, 7) is 2.32. The molecule has 2 heterocycles. The molecule has 9 heteroatoms. The van der Waals surface area contributed by atoms with Crippen LogP contribution in [0.15, 0.2) is 54.7 Å². The normalized spacial score (nSPS) is 15.8. The highest BCUT2D eigenvalue weighted by Crippen LogP contribution is 2.16. The van der Waals surface area contributed by atoms with Crippen LogP contribution in [0.25, 0.3) is 11.0 Å². The van der Waals surface area contributed by atoms with Crippen LogP contribution in [0.5, 0.6) is 5.75 Å². The van der Waals surface area contributed by atoms with Gasteiger partial charge in [-0.25, -0.2) is 4.98 Å². The summed E-state index contributed by atoms with van der Waals surface area (Å²) in [6.07, 6.45) is 1.18. The number of morpholine rings is 1. The van der Waals surface area contributed by atoms with Crippen LogP contribution in [0.1, 0.15) is 20.8 Å². The molecule has 0 aliphatic carbocycles. The Balaban J connectivity index is 1.45. The Bertz CT molecular complexity index is 1140. The van der Waals surface area contributed by atoms with Gasteiger partial charge in [0.05, 0.1) is 43.7 Å². The van der Waals surface area contributed by atoms with E-state index in [1.54, 1.807) is 48.3 Å². The van der Waals surface area contributed by atoms with Crippen molar-refractivity contribution in [3.05, 3.63) is 66.0 Å². The summed E-state index contributed by atoms with van der Waals surface area (Å²) in [7, 11) is 3.18. The molecule has 0 saturated carbocycles. The molecule has 1 fully saturated rings. The Morgan fingerprint density at radius 1 is 1.12 bits per heavy atom. The van der Waals surface area contributed by atoms with E-state index in [-0.39, 0.29) is 17.9 Å². The fourth-order valence-electron chi connectivity index (χ4n) is 3.88. The number of para-hydroxylation sites is 2. The van der Waals surface area contributed by atoms with Gasteiger partial charge in [0.2, 0.25) is 0 Å². The predicted octanol–water partition coefficient (Wildman–Crippen LogP) is 2.27. The number of rotatable bonds is 8. The van der Waals surface area contributed by atoms with Crippen LogP contribution < -0.4 is 4.74 Å². The van der Waals surface area contributed by atoms with Gasteiger partial charge in [-0.05, 0) is 36.4 Å². The zero-order valence-electron chi connectivity index (χ0n) is 19.3. The molecule has 1 aliphatic heterocycles. The largest absolute Gasteiger partial charge is 0.497 e. The van der Waals surface area contributed by atoms with Crippen molar-refractivity contribution < 1.29 is 23.8 Å². The van der Waals surface area contributed by atoms with Gasteiger partial charge in [-0.1, -0.05) is 12.1 Å². The zero-order valence-corrected chi connectivity index (χ0v) is 19.3. The molecule has 9 nitrogen and oxygen atoms in total. The minimum atomic E-state index is -0.329. The van der Waals surface area contributed by atoms with Crippen LogP contribution in [0.3, 0.4) is 0 Å². The van der Waals surface area contributed by atoms with Gasteiger partial charge in [0.25, 0.3) is 11.8 Å². The van der Waals surface area contributed by atoms with Crippen molar-refractivity contribution in [3.8, 4) is 5.75 Å². The summed E-state index contributed by atoms with van der Waals surface area (Å²) >= 11 is 0. The van der Waals surface area contributed by atoms with E-state index in [0.717, 1.165) is 5.52 Å². The molecule has 0 radical (unpaired) electrons. The second-order valence-electron chi connectivity index (χ2n) is 7.96. The molecule has 4 rings (SSSR count). The average molecular weight is 465 g/mol. The van der Waals surface area contributed by atoms with Gasteiger partial charge in [0.1, 0.15) is 11.4 Å². The molecule has 0 spiro atoms. The van der Waals surface area contributed by atoms with Crippen molar-refractivity contribution in [1.82, 2.24) is 19.8 Å². The van der Waals surface area contributed by atoms with E-state index >= 15 is 0 Å². The predicted molar refractivity (Wildman–Crippen MR) is 126 cm³/mol. The molecule has 34 heavy (non-hydrogen) atoms. The van der Waals surface area contributed by atoms with Crippen LogP contribution in [0.4, 0.5) is 0 Å². The maximum Gasteiger partial charge on any atom is 0.274 e. The number of carbonyl (C=O) groups is 2. The lowest BCUT2D eigenvalue weighted by Crippen LogP contribution is -2.51. The molecule has 1 aliphatic rings. The van der Waals surface area contributed by atoms with Gasteiger partial charge in [-0.3, -0.25) is 14.6 Å². The molecule has 1 unspecified atom stereocenters. The lowest BCUT2D eigenvalue weighted by molar-refractivity contribution is -0.0348. The maximum absolute atomic E-state index is 13.2. The summed E-state index contributed by atoms with van der Waals surface area (Å²) in [6, 6.07) is 14.4. The number of hydrogen-bond donors (Lipinski definition) is 0. The highest BCUT2D eigenvalue weighted by atomic mass is 16.5. The van der Waals surface area contributed by atoms with Crippen LogP contribution in [-0.2, 0) is 9.47 Å². The monoisotopic (exact) mass is 464 g/mol. The fraction of sp³-hybridized carbons (Fsp3) is 0.360. The highest BCUT2D eigenvalue weighted by molar-refractivity contribution is 5.95. The number of carbonyl (C=O) groups excluding carboxylic acids is 2. The van der Waals surface area contributed by atoms with Crippen molar-refractivity contribution in [3.63, 3.8) is 0 Å². The first kappa shape index (κ1) is 23.6. The van der Waals surface area contributed by atoms with Gasteiger partial charge in [0.15, 0.2) is 0 Å². The Morgan fingerprint density at radius 2 is 1.88 bits per heavy atom. The lowest BCUT2D eigenvalue weighted by atomic mass is 10.1. The van der Waals surface area contributed by atoms with E-state index in [1.807, 2.05) is 24.3 Å². The zero-order chi connectivity index (χ0) is 23.9. The minimum Gasteiger partial charge on any atom is -0.497 e. The Hall–Kier alpha value is -3.56. The number of amides is 2. The Morgan fingerprint density at radius 3 is 2.62 bits per heavy atom. The summed E-state index contributed by atoms with van der Waals surface area (Å²) < 4.78 is 16.3. The molecule has 2 aromatic carbocycles. The molecule has 0 bridgehead atoms. The second-order valence-corrected chi connectivity index (χ2v) is 7.96. The third-order valence-corrected chi connectivity index (χ3v) is 5.71. The van der Waals surface area contributed by atoms with E-state index in [2.05, 4.69) is 9.97 Å². The molecule has 0 N–H and O–H groups in total. The smallest absolute Gasteiger partial charge is 0.274 e. The molecule has 1 aromatic heterocycles. The first-order chi connectivity index (χ1) is 16.6. The van der Waals surface area contributed by atoms with Crippen LogP contribution in [-0.4, -0.2) is 91.3 Å². The van der Waals surface area contributed by atoms with E-state index in [0.29, 0.717) is 61.9 Å². The molecular formula is C25H28N4O5.